The van der Waals surface area contributed by atoms with Crippen LogP contribution in [0.2, 0.25) is 0 Å². The summed E-state index contributed by atoms with van der Waals surface area (Å²) in [5.74, 6) is 1.68. The fourth-order valence-corrected chi connectivity index (χ4v) is 2.58. The molecule has 0 aliphatic carbocycles. The van der Waals surface area contributed by atoms with Crippen molar-refractivity contribution in [1.29, 1.82) is 0 Å². The zero-order valence-electron chi connectivity index (χ0n) is 11.9. The van der Waals surface area contributed by atoms with Gasteiger partial charge >= 0.3 is 0 Å². The molecule has 110 valence electrons. The van der Waals surface area contributed by atoms with Crippen molar-refractivity contribution in [3.63, 3.8) is 0 Å². The molecule has 3 nitrogen and oxygen atoms in total. The van der Waals surface area contributed by atoms with Gasteiger partial charge < -0.3 is 14.8 Å². The molecule has 21 heavy (non-hydrogen) atoms. The van der Waals surface area contributed by atoms with E-state index in [9.17, 15) is 0 Å². The highest BCUT2D eigenvalue weighted by Crippen LogP contribution is 2.32. The first-order chi connectivity index (χ1) is 10.2. The van der Waals surface area contributed by atoms with E-state index < -0.39 is 0 Å². The average molecular weight is 348 g/mol. The lowest BCUT2D eigenvalue weighted by atomic mass is 10.1. The van der Waals surface area contributed by atoms with Crippen LogP contribution in [0.15, 0.2) is 46.9 Å². The van der Waals surface area contributed by atoms with Crippen LogP contribution < -0.4 is 14.8 Å². The Hall–Kier alpha value is -1.52. The third-order valence-electron chi connectivity index (χ3n) is 3.59. The van der Waals surface area contributed by atoms with Gasteiger partial charge in [0.2, 0.25) is 0 Å². The summed E-state index contributed by atoms with van der Waals surface area (Å²) >= 11 is 3.45. The van der Waals surface area contributed by atoms with Gasteiger partial charge in [0.05, 0.1) is 0 Å². The Labute approximate surface area is 133 Å². The summed E-state index contributed by atoms with van der Waals surface area (Å²) in [6, 6.07) is 14.8. The van der Waals surface area contributed by atoms with E-state index in [1.165, 1.54) is 11.1 Å². The zero-order valence-corrected chi connectivity index (χ0v) is 13.5. The molecule has 3 rings (SSSR count). The molecule has 1 atom stereocenters. The lowest BCUT2D eigenvalue weighted by Crippen LogP contribution is -2.19. The second-order valence-corrected chi connectivity index (χ2v) is 6.05. The molecule has 1 unspecified atom stereocenters. The molecule has 1 aliphatic rings. The zero-order chi connectivity index (χ0) is 14.7. The van der Waals surface area contributed by atoms with Gasteiger partial charge in [-0.05, 0) is 42.3 Å². The van der Waals surface area contributed by atoms with Gasteiger partial charge in [-0.3, -0.25) is 0 Å². The van der Waals surface area contributed by atoms with Crippen molar-refractivity contribution >= 4 is 15.9 Å². The minimum Gasteiger partial charge on any atom is -0.486 e. The van der Waals surface area contributed by atoms with E-state index in [4.69, 9.17) is 9.47 Å². The van der Waals surface area contributed by atoms with Crippen LogP contribution in [-0.2, 0) is 6.54 Å². The van der Waals surface area contributed by atoms with Crippen LogP contribution in [0.25, 0.3) is 0 Å². The van der Waals surface area contributed by atoms with Crippen LogP contribution in [0.5, 0.6) is 11.5 Å². The maximum absolute atomic E-state index is 5.63. The fraction of sp³-hybridized carbons (Fsp3) is 0.294. The number of fused-ring (bicyclic) bond motifs is 1. The quantitative estimate of drug-likeness (QED) is 0.904. The topological polar surface area (TPSA) is 30.5 Å². The Bertz CT molecular complexity index is 613. The van der Waals surface area contributed by atoms with Gasteiger partial charge in [-0.15, -0.1) is 0 Å². The highest BCUT2D eigenvalue weighted by molar-refractivity contribution is 9.10. The van der Waals surface area contributed by atoms with Crippen molar-refractivity contribution in [3.05, 3.63) is 58.1 Å². The Morgan fingerprint density at radius 3 is 2.52 bits per heavy atom. The van der Waals surface area contributed by atoms with Crippen LogP contribution >= 0.6 is 15.9 Å². The molecule has 1 N–H and O–H groups in total. The molecule has 1 heterocycles. The summed E-state index contributed by atoms with van der Waals surface area (Å²) < 4.78 is 12.3. The molecule has 0 aromatic heterocycles. The molecule has 0 fully saturated rings. The normalized spacial score (nSPS) is 14.8. The van der Waals surface area contributed by atoms with Gasteiger partial charge in [-0.2, -0.15) is 0 Å². The summed E-state index contributed by atoms with van der Waals surface area (Å²) in [6.07, 6.45) is 0. The predicted molar refractivity (Wildman–Crippen MR) is 86.8 cm³/mol. The predicted octanol–water partition coefficient (Wildman–Crippen LogP) is 4.07. The van der Waals surface area contributed by atoms with E-state index >= 15 is 0 Å². The highest BCUT2D eigenvalue weighted by Gasteiger charge is 2.14. The highest BCUT2D eigenvalue weighted by atomic mass is 79.9. The summed E-state index contributed by atoms with van der Waals surface area (Å²) in [7, 11) is 0. The molecule has 1 aliphatic heterocycles. The SMILES string of the molecule is CC(NCc1ccc(Br)cc1)c1ccc2c(c1)OCCO2. The van der Waals surface area contributed by atoms with E-state index in [-0.39, 0.29) is 6.04 Å². The monoisotopic (exact) mass is 347 g/mol. The van der Waals surface area contributed by atoms with Crippen LogP contribution in [0.3, 0.4) is 0 Å². The Morgan fingerprint density at radius 1 is 1.05 bits per heavy atom. The molecule has 2 aromatic rings. The van der Waals surface area contributed by atoms with Crippen molar-refractivity contribution in [2.75, 3.05) is 13.2 Å². The number of nitrogens with one attached hydrogen (secondary N) is 1. The van der Waals surface area contributed by atoms with Gasteiger partial charge in [0.1, 0.15) is 13.2 Å². The molecule has 0 bridgehead atoms. The van der Waals surface area contributed by atoms with Crippen LogP contribution in [0.4, 0.5) is 0 Å². The molecule has 4 heteroatoms. The van der Waals surface area contributed by atoms with Crippen molar-refractivity contribution in [3.8, 4) is 11.5 Å². The maximum Gasteiger partial charge on any atom is 0.161 e. The summed E-state index contributed by atoms with van der Waals surface area (Å²) in [4.78, 5) is 0. The van der Waals surface area contributed by atoms with Crippen molar-refractivity contribution in [2.24, 2.45) is 0 Å². The van der Waals surface area contributed by atoms with E-state index in [2.05, 4.69) is 64.6 Å². The number of ether oxygens (including phenoxy) is 2. The van der Waals surface area contributed by atoms with E-state index in [0.717, 1.165) is 22.5 Å². The minimum atomic E-state index is 0.254. The molecule has 0 saturated carbocycles. The lowest BCUT2D eigenvalue weighted by Gasteiger charge is -2.21. The number of halogens is 1. The molecule has 0 amide bonds. The third-order valence-corrected chi connectivity index (χ3v) is 4.12. The smallest absolute Gasteiger partial charge is 0.161 e. The minimum absolute atomic E-state index is 0.254. The van der Waals surface area contributed by atoms with Crippen LogP contribution in [-0.4, -0.2) is 13.2 Å². The van der Waals surface area contributed by atoms with Crippen molar-refractivity contribution in [1.82, 2.24) is 5.32 Å². The summed E-state index contributed by atoms with van der Waals surface area (Å²) in [5, 5.41) is 3.53. The second kappa shape index (κ2) is 6.50. The number of benzene rings is 2. The van der Waals surface area contributed by atoms with Crippen molar-refractivity contribution < 1.29 is 9.47 Å². The first kappa shape index (κ1) is 14.4. The molecule has 2 aromatic carbocycles. The summed E-state index contributed by atoms with van der Waals surface area (Å²) in [6.45, 7) is 4.24. The van der Waals surface area contributed by atoms with Crippen molar-refractivity contribution in [2.45, 2.75) is 19.5 Å². The first-order valence-electron chi connectivity index (χ1n) is 7.10. The maximum atomic E-state index is 5.63. The summed E-state index contributed by atoms with van der Waals surface area (Å²) in [5.41, 5.74) is 2.47. The Morgan fingerprint density at radius 2 is 1.76 bits per heavy atom. The second-order valence-electron chi connectivity index (χ2n) is 5.13. The van der Waals surface area contributed by atoms with Crippen LogP contribution in [0.1, 0.15) is 24.1 Å². The third kappa shape index (κ3) is 3.57. The molecular weight excluding hydrogens is 330 g/mol. The first-order valence-corrected chi connectivity index (χ1v) is 7.89. The Balaban J connectivity index is 1.65. The molecular formula is C17H18BrNO2. The lowest BCUT2D eigenvalue weighted by molar-refractivity contribution is 0.171. The number of hydrogen-bond acceptors (Lipinski definition) is 3. The Kier molecular flexibility index (Phi) is 4.46. The van der Waals surface area contributed by atoms with Gasteiger partial charge in [0.15, 0.2) is 11.5 Å². The standard InChI is InChI=1S/C17H18BrNO2/c1-12(19-11-13-2-5-15(18)6-3-13)14-4-7-16-17(10-14)21-9-8-20-16/h2-7,10,12,19H,8-9,11H2,1H3. The fourth-order valence-electron chi connectivity index (χ4n) is 2.32. The van der Waals surface area contributed by atoms with Gasteiger partial charge in [-0.25, -0.2) is 0 Å². The van der Waals surface area contributed by atoms with E-state index in [1.54, 1.807) is 0 Å². The number of hydrogen-bond donors (Lipinski definition) is 1. The van der Waals surface area contributed by atoms with Crippen LogP contribution in [0, 0.1) is 0 Å². The molecule has 0 saturated heterocycles. The van der Waals surface area contributed by atoms with Gasteiger partial charge in [0, 0.05) is 17.1 Å². The average Bonchev–Trinajstić information content (AvgIpc) is 2.53. The largest absolute Gasteiger partial charge is 0.486 e. The molecule has 0 spiro atoms. The molecule has 0 radical (unpaired) electrons. The number of rotatable bonds is 4. The van der Waals surface area contributed by atoms with E-state index in [0.29, 0.717) is 13.2 Å². The van der Waals surface area contributed by atoms with Gasteiger partial charge in [-0.1, -0.05) is 34.1 Å². The van der Waals surface area contributed by atoms with Gasteiger partial charge in [0.25, 0.3) is 0 Å². The van der Waals surface area contributed by atoms with E-state index in [1.807, 2.05) is 6.07 Å².